The lowest BCUT2D eigenvalue weighted by Crippen LogP contribution is -2.49. The average Bonchev–Trinajstić information content (AvgIpc) is 3.01. The lowest BCUT2D eigenvalue weighted by Gasteiger charge is -2.19. The van der Waals surface area contributed by atoms with E-state index >= 15 is 0 Å². The Balaban J connectivity index is 1.38. The Morgan fingerprint density at radius 2 is 1.39 bits per heavy atom. The second kappa shape index (κ2) is 14.8. The van der Waals surface area contributed by atoms with Crippen LogP contribution in [0.4, 0.5) is 16.2 Å². The van der Waals surface area contributed by atoms with Crippen LogP contribution >= 0.6 is 12.2 Å². The van der Waals surface area contributed by atoms with E-state index in [1.807, 2.05) is 10.8 Å². The summed E-state index contributed by atoms with van der Waals surface area (Å²) in [5.74, 6) is -1.40. The Morgan fingerprint density at radius 3 is 2.00 bits per heavy atom. The third kappa shape index (κ3) is 9.37. The number of carbonyl (C=O) groups is 3. The van der Waals surface area contributed by atoms with E-state index in [0.717, 1.165) is 5.56 Å². The van der Waals surface area contributed by atoms with Crippen molar-refractivity contribution in [2.45, 2.75) is 24.0 Å². The average molecular weight is 632 g/mol. The topological polar surface area (TPSA) is 169 Å². The molecule has 4 rings (SSSR count). The minimum Gasteiger partial charge on any atom is -0.445 e. The number of amides is 3. The zero-order chi connectivity index (χ0) is 31.5. The molecule has 6 N–H and O–H groups in total. The van der Waals surface area contributed by atoms with E-state index in [2.05, 4.69) is 16.0 Å². The van der Waals surface area contributed by atoms with Crippen LogP contribution in [0.1, 0.15) is 21.5 Å². The highest BCUT2D eigenvalue weighted by Crippen LogP contribution is 2.15. The molecule has 0 radical (unpaired) electrons. The number of benzene rings is 4. The van der Waals surface area contributed by atoms with E-state index < -0.39 is 34.0 Å². The van der Waals surface area contributed by atoms with E-state index in [1.165, 1.54) is 24.3 Å². The molecule has 0 aliphatic carbocycles. The number of anilines is 2. The van der Waals surface area contributed by atoms with Gasteiger partial charge >= 0.3 is 6.09 Å². The maximum absolute atomic E-state index is 13.2. The molecule has 11 nitrogen and oxygen atoms in total. The lowest BCUT2D eigenvalue weighted by atomic mass is 10.1. The Bertz CT molecular complexity index is 1720. The molecule has 13 heteroatoms. The van der Waals surface area contributed by atoms with Crippen molar-refractivity contribution in [2.75, 3.05) is 11.1 Å². The van der Waals surface area contributed by atoms with E-state index in [1.54, 1.807) is 78.9 Å². The van der Waals surface area contributed by atoms with Crippen molar-refractivity contribution in [3.63, 3.8) is 0 Å². The first-order valence-corrected chi connectivity index (χ1v) is 15.1. The van der Waals surface area contributed by atoms with Crippen LogP contribution in [0.25, 0.3) is 0 Å². The number of carbonyl (C=O) groups excluding carboxylic acids is 3. The van der Waals surface area contributed by atoms with Crippen LogP contribution in [0, 0.1) is 0 Å². The molecule has 0 spiro atoms. The van der Waals surface area contributed by atoms with Gasteiger partial charge in [0, 0.05) is 23.4 Å². The summed E-state index contributed by atoms with van der Waals surface area (Å²) in [6.07, 6.45) is -0.859. The molecule has 1 atom stereocenters. The van der Waals surface area contributed by atoms with E-state index in [0.29, 0.717) is 22.5 Å². The van der Waals surface area contributed by atoms with Crippen molar-refractivity contribution in [1.29, 1.82) is 0 Å². The molecule has 4 aromatic rings. The quantitative estimate of drug-likeness (QED) is 0.129. The zero-order valence-corrected chi connectivity index (χ0v) is 24.9. The molecule has 0 heterocycles. The van der Waals surface area contributed by atoms with Crippen molar-refractivity contribution in [2.24, 2.45) is 0 Å². The Hall–Kier alpha value is -5.27. The van der Waals surface area contributed by atoms with Crippen LogP contribution in [0.2, 0.25) is 0 Å². The third-order valence-electron chi connectivity index (χ3n) is 6.16. The summed E-state index contributed by atoms with van der Waals surface area (Å²) in [6.45, 7) is -0.0282. The molecule has 44 heavy (non-hydrogen) atoms. The van der Waals surface area contributed by atoms with Gasteiger partial charge in [-0.25, -0.2) is 17.9 Å². The van der Waals surface area contributed by atoms with Gasteiger partial charge in [-0.15, -0.1) is 0 Å². The van der Waals surface area contributed by atoms with Gasteiger partial charge in [0.05, 0.1) is 4.90 Å². The van der Waals surface area contributed by atoms with E-state index in [4.69, 9.17) is 22.7 Å². The van der Waals surface area contributed by atoms with Crippen LogP contribution in [-0.4, -0.2) is 37.5 Å². The number of nitrogens with two attached hydrogens (primary N) is 1. The van der Waals surface area contributed by atoms with Crippen molar-refractivity contribution in [3.8, 4) is 0 Å². The highest BCUT2D eigenvalue weighted by Gasteiger charge is 2.27. The molecule has 3 amide bonds. The highest BCUT2D eigenvalue weighted by atomic mass is 32.2. The van der Waals surface area contributed by atoms with Gasteiger partial charge in [0.2, 0.25) is 0 Å². The molecule has 0 saturated carbocycles. The number of alkyl carbamates (subject to hydrolysis) is 1. The second-order valence-electron chi connectivity index (χ2n) is 9.47. The number of sulfonamides is 1. The van der Waals surface area contributed by atoms with Crippen LogP contribution in [0.3, 0.4) is 0 Å². The Morgan fingerprint density at radius 1 is 0.795 bits per heavy atom. The minimum absolute atomic E-state index is 0.00952. The maximum Gasteiger partial charge on any atom is 0.408 e. The second-order valence-corrected chi connectivity index (χ2v) is 11.6. The fourth-order valence-electron chi connectivity index (χ4n) is 3.92. The van der Waals surface area contributed by atoms with Crippen molar-refractivity contribution < 1.29 is 27.5 Å². The lowest BCUT2D eigenvalue weighted by molar-refractivity contribution is -0.121. The molecule has 0 unspecified atom stereocenters. The number of thiocarbonyl (C=S) groups is 1. The Kier molecular flexibility index (Phi) is 10.6. The number of hydrogen-bond acceptors (Lipinski definition) is 8. The molecule has 4 aromatic carbocycles. The summed E-state index contributed by atoms with van der Waals surface area (Å²) in [6, 6.07) is 28.2. The number of nitrogen functional groups attached to an aromatic ring is 1. The predicted octanol–water partition coefficient (Wildman–Crippen LogP) is 3.74. The standard InChI is InChI=1S/C31H29N5O6S2/c32-24-13-11-23(12-14-24)28(37)35-30(43)33-25-15-17-26(18-16-25)44(40,41)36-29(38)27(19-21-7-3-1-4-8-21)34-31(39)42-20-22-9-5-2-6-10-22/h1-18,27H,19-20,32H2,(H,34,39)(H,36,38)(H2,33,35,37,43)/t27-/m0/s1. The summed E-state index contributed by atoms with van der Waals surface area (Å²) in [5.41, 5.74) is 8.34. The number of hydrogen-bond donors (Lipinski definition) is 5. The molecule has 0 bridgehead atoms. The van der Waals surface area contributed by atoms with Gasteiger partial charge in [0.25, 0.3) is 21.8 Å². The largest absolute Gasteiger partial charge is 0.445 e. The van der Waals surface area contributed by atoms with E-state index in [-0.39, 0.29) is 23.0 Å². The molecule has 0 aromatic heterocycles. The van der Waals surface area contributed by atoms with Crippen LogP contribution in [0.15, 0.2) is 114 Å². The molecule has 0 saturated heterocycles. The first kappa shape index (κ1) is 31.7. The first-order chi connectivity index (χ1) is 21.1. The predicted molar refractivity (Wildman–Crippen MR) is 170 cm³/mol. The molecule has 226 valence electrons. The zero-order valence-electron chi connectivity index (χ0n) is 23.2. The molecular weight excluding hydrogens is 603 g/mol. The summed E-state index contributed by atoms with van der Waals surface area (Å²) >= 11 is 5.18. The summed E-state index contributed by atoms with van der Waals surface area (Å²) < 4.78 is 33.4. The maximum atomic E-state index is 13.2. The number of ether oxygens (including phenoxy) is 1. The van der Waals surface area contributed by atoms with Crippen molar-refractivity contribution >= 4 is 56.6 Å². The molecule has 0 fully saturated rings. The van der Waals surface area contributed by atoms with Gasteiger partial charge in [-0.3, -0.25) is 14.9 Å². The SMILES string of the molecule is Nc1ccc(C(=O)NC(=S)Nc2ccc(S(=O)(=O)NC(=O)[C@H](Cc3ccccc3)NC(=O)OCc3ccccc3)cc2)cc1. The van der Waals surface area contributed by atoms with Gasteiger partial charge < -0.3 is 21.1 Å². The smallest absolute Gasteiger partial charge is 0.408 e. The van der Waals surface area contributed by atoms with Gasteiger partial charge in [-0.2, -0.15) is 0 Å². The Labute approximate surface area is 259 Å². The number of rotatable bonds is 10. The molecule has 0 aliphatic heterocycles. The number of nitrogens with one attached hydrogen (secondary N) is 4. The fourth-order valence-corrected chi connectivity index (χ4v) is 5.15. The van der Waals surface area contributed by atoms with Gasteiger partial charge in [0.15, 0.2) is 5.11 Å². The van der Waals surface area contributed by atoms with Crippen molar-refractivity contribution in [3.05, 3.63) is 126 Å². The third-order valence-corrected chi connectivity index (χ3v) is 7.73. The minimum atomic E-state index is -4.32. The summed E-state index contributed by atoms with van der Waals surface area (Å²) in [5, 5.41) is 7.78. The normalized spacial score (nSPS) is 11.5. The summed E-state index contributed by atoms with van der Waals surface area (Å²) in [7, 11) is -4.32. The van der Waals surface area contributed by atoms with Gasteiger partial charge in [0.1, 0.15) is 12.6 Å². The monoisotopic (exact) mass is 631 g/mol. The van der Waals surface area contributed by atoms with Crippen LogP contribution < -0.4 is 26.4 Å². The highest BCUT2D eigenvalue weighted by molar-refractivity contribution is 7.90. The van der Waals surface area contributed by atoms with E-state index in [9.17, 15) is 22.8 Å². The van der Waals surface area contributed by atoms with Gasteiger partial charge in [-0.1, -0.05) is 60.7 Å². The summed E-state index contributed by atoms with van der Waals surface area (Å²) in [4.78, 5) is 37.8. The fraction of sp³-hybridized carbons (Fsp3) is 0.0968. The molecular formula is C31H29N5O6S2. The first-order valence-electron chi connectivity index (χ1n) is 13.2. The van der Waals surface area contributed by atoms with Crippen LogP contribution in [-0.2, 0) is 32.6 Å². The molecule has 0 aliphatic rings. The van der Waals surface area contributed by atoms with Crippen molar-refractivity contribution in [1.82, 2.24) is 15.4 Å². The van der Waals surface area contributed by atoms with Crippen LogP contribution in [0.5, 0.6) is 0 Å². The van der Waals surface area contributed by atoms with Gasteiger partial charge in [-0.05, 0) is 71.9 Å².